The maximum absolute atomic E-state index is 3.69. The zero-order valence-corrected chi connectivity index (χ0v) is 8.47. The highest BCUT2D eigenvalue weighted by Crippen LogP contribution is 2.23. The van der Waals surface area contributed by atoms with Crippen LogP contribution < -0.4 is 5.32 Å². The van der Waals surface area contributed by atoms with Gasteiger partial charge >= 0.3 is 0 Å². The summed E-state index contributed by atoms with van der Waals surface area (Å²) in [7, 11) is 0. The van der Waals surface area contributed by atoms with E-state index in [2.05, 4.69) is 17.5 Å². The zero-order valence-electron chi connectivity index (χ0n) is 8.47. The van der Waals surface area contributed by atoms with Crippen molar-refractivity contribution in [1.82, 2.24) is 5.32 Å². The molecule has 0 atom stereocenters. The molecule has 0 amide bonds. The number of rotatable bonds is 3. The lowest BCUT2D eigenvalue weighted by molar-refractivity contribution is 0.329. The Balaban J connectivity index is 1.61. The van der Waals surface area contributed by atoms with E-state index in [4.69, 9.17) is 0 Å². The smallest absolute Gasteiger partial charge is 0.0136 e. The van der Waals surface area contributed by atoms with Crippen molar-refractivity contribution in [3.63, 3.8) is 0 Å². The van der Waals surface area contributed by atoms with Gasteiger partial charge in [-0.25, -0.2) is 0 Å². The van der Waals surface area contributed by atoms with Crippen LogP contribution in [-0.2, 0) is 0 Å². The predicted octanol–water partition coefficient (Wildman–Crippen LogP) is 2.87. The van der Waals surface area contributed by atoms with Crippen molar-refractivity contribution in [2.45, 2.75) is 51.0 Å². The molecule has 0 aliphatic heterocycles. The lowest BCUT2D eigenvalue weighted by Gasteiger charge is -2.23. The second-order valence-corrected chi connectivity index (χ2v) is 4.55. The quantitative estimate of drug-likeness (QED) is 0.657. The van der Waals surface area contributed by atoms with E-state index in [1.165, 1.54) is 51.5 Å². The molecule has 0 radical (unpaired) electrons. The lowest BCUT2D eigenvalue weighted by atomic mass is 9.89. The Kier molecular flexibility index (Phi) is 3.42. The zero-order chi connectivity index (χ0) is 8.93. The number of hydrogen-bond acceptors (Lipinski definition) is 1. The first-order valence-corrected chi connectivity index (χ1v) is 5.83. The molecule has 1 heteroatoms. The fourth-order valence-electron chi connectivity index (χ4n) is 2.51. The van der Waals surface area contributed by atoms with Crippen LogP contribution in [0.1, 0.15) is 44.9 Å². The normalized spacial score (nSPS) is 25.5. The minimum atomic E-state index is 0.766. The van der Waals surface area contributed by atoms with Gasteiger partial charge in [-0.1, -0.05) is 31.4 Å². The van der Waals surface area contributed by atoms with E-state index in [1.54, 1.807) is 0 Å². The van der Waals surface area contributed by atoms with E-state index in [-0.39, 0.29) is 0 Å². The van der Waals surface area contributed by atoms with Gasteiger partial charge in [-0.05, 0) is 38.1 Å². The summed E-state index contributed by atoms with van der Waals surface area (Å²) in [6, 6.07) is 0.766. The molecule has 13 heavy (non-hydrogen) atoms. The van der Waals surface area contributed by atoms with E-state index in [1.807, 2.05) is 0 Å². The molecule has 0 aromatic rings. The van der Waals surface area contributed by atoms with Crippen LogP contribution in [0.4, 0.5) is 0 Å². The molecule has 1 fully saturated rings. The molecular weight excluding hydrogens is 158 g/mol. The van der Waals surface area contributed by atoms with Crippen LogP contribution in [-0.4, -0.2) is 12.6 Å². The molecule has 74 valence electrons. The van der Waals surface area contributed by atoms with Gasteiger partial charge in [0.15, 0.2) is 0 Å². The fourth-order valence-corrected chi connectivity index (χ4v) is 2.51. The number of nitrogens with one attached hydrogen (secondary N) is 1. The Morgan fingerprint density at radius 2 is 1.69 bits per heavy atom. The van der Waals surface area contributed by atoms with Gasteiger partial charge in [-0.15, -0.1) is 0 Å². The molecule has 0 saturated heterocycles. The van der Waals surface area contributed by atoms with E-state index in [0.29, 0.717) is 0 Å². The monoisotopic (exact) mass is 179 g/mol. The molecule has 1 nitrogen and oxygen atoms in total. The van der Waals surface area contributed by atoms with Gasteiger partial charge < -0.3 is 5.32 Å². The SMILES string of the molecule is C1=CCC(NCC2CCCCC2)C1. The van der Waals surface area contributed by atoms with Gasteiger partial charge in [-0.2, -0.15) is 0 Å². The average molecular weight is 179 g/mol. The molecule has 0 aromatic heterocycles. The standard InChI is InChI=1S/C12H21N/c1-2-6-11(7-3-1)10-13-12-8-4-5-9-12/h4-5,11-13H,1-3,6-10H2. The third-order valence-corrected chi connectivity index (χ3v) is 3.43. The van der Waals surface area contributed by atoms with Crippen LogP contribution in [0, 0.1) is 5.92 Å². The third-order valence-electron chi connectivity index (χ3n) is 3.43. The first-order valence-electron chi connectivity index (χ1n) is 5.83. The van der Waals surface area contributed by atoms with E-state index in [9.17, 15) is 0 Å². The van der Waals surface area contributed by atoms with Gasteiger partial charge in [0.05, 0.1) is 0 Å². The van der Waals surface area contributed by atoms with E-state index < -0.39 is 0 Å². The Labute approximate surface area is 81.6 Å². The van der Waals surface area contributed by atoms with Crippen molar-refractivity contribution in [1.29, 1.82) is 0 Å². The summed E-state index contributed by atoms with van der Waals surface area (Å²) in [4.78, 5) is 0. The summed E-state index contributed by atoms with van der Waals surface area (Å²) in [5.74, 6) is 0.981. The Bertz CT molecular complexity index is 160. The molecule has 2 aliphatic carbocycles. The van der Waals surface area contributed by atoms with Gasteiger partial charge in [0.2, 0.25) is 0 Å². The molecular formula is C12H21N. The molecule has 0 spiro atoms. The first-order chi connectivity index (χ1) is 6.45. The maximum Gasteiger partial charge on any atom is 0.0136 e. The summed E-state index contributed by atoms with van der Waals surface area (Å²) in [6.07, 6.45) is 14.5. The summed E-state index contributed by atoms with van der Waals surface area (Å²) in [5.41, 5.74) is 0. The van der Waals surface area contributed by atoms with Crippen LogP contribution in [0.25, 0.3) is 0 Å². The van der Waals surface area contributed by atoms with Crippen LogP contribution in [0.2, 0.25) is 0 Å². The van der Waals surface area contributed by atoms with Crippen LogP contribution in [0.5, 0.6) is 0 Å². The molecule has 1 saturated carbocycles. The topological polar surface area (TPSA) is 12.0 Å². The second kappa shape index (κ2) is 4.80. The fraction of sp³-hybridized carbons (Fsp3) is 0.833. The summed E-state index contributed by atoms with van der Waals surface area (Å²) < 4.78 is 0. The van der Waals surface area contributed by atoms with Crippen molar-refractivity contribution >= 4 is 0 Å². The van der Waals surface area contributed by atoms with Gasteiger partial charge in [0.25, 0.3) is 0 Å². The highest BCUT2D eigenvalue weighted by molar-refractivity contribution is 4.97. The molecule has 2 rings (SSSR count). The molecule has 0 bridgehead atoms. The first kappa shape index (κ1) is 9.26. The average Bonchev–Trinajstić information content (AvgIpc) is 2.69. The molecule has 0 heterocycles. The van der Waals surface area contributed by atoms with Crippen LogP contribution >= 0.6 is 0 Å². The van der Waals surface area contributed by atoms with Crippen molar-refractivity contribution in [3.05, 3.63) is 12.2 Å². The predicted molar refractivity (Wildman–Crippen MR) is 56.7 cm³/mol. The van der Waals surface area contributed by atoms with Crippen molar-refractivity contribution in [2.75, 3.05) is 6.54 Å². The third kappa shape index (κ3) is 2.84. The second-order valence-electron chi connectivity index (χ2n) is 4.55. The van der Waals surface area contributed by atoms with E-state index in [0.717, 1.165) is 12.0 Å². The summed E-state index contributed by atoms with van der Waals surface area (Å²) in [6.45, 7) is 1.27. The Hall–Kier alpha value is -0.300. The largest absolute Gasteiger partial charge is 0.313 e. The number of hydrogen-bond donors (Lipinski definition) is 1. The van der Waals surface area contributed by atoms with E-state index >= 15 is 0 Å². The summed E-state index contributed by atoms with van der Waals surface area (Å²) in [5, 5.41) is 3.69. The van der Waals surface area contributed by atoms with Gasteiger partial charge in [-0.3, -0.25) is 0 Å². The molecule has 2 aliphatic rings. The van der Waals surface area contributed by atoms with Gasteiger partial charge in [0.1, 0.15) is 0 Å². The molecule has 0 aromatic carbocycles. The lowest BCUT2D eigenvalue weighted by Crippen LogP contribution is -2.32. The molecule has 1 N–H and O–H groups in total. The Morgan fingerprint density at radius 1 is 1.00 bits per heavy atom. The molecule has 0 unspecified atom stereocenters. The van der Waals surface area contributed by atoms with Crippen LogP contribution in [0.3, 0.4) is 0 Å². The highest BCUT2D eigenvalue weighted by atomic mass is 14.9. The minimum absolute atomic E-state index is 0.766. The maximum atomic E-state index is 3.69. The van der Waals surface area contributed by atoms with Gasteiger partial charge in [0, 0.05) is 6.04 Å². The van der Waals surface area contributed by atoms with Crippen molar-refractivity contribution in [2.24, 2.45) is 5.92 Å². The van der Waals surface area contributed by atoms with Crippen molar-refractivity contribution in [3.8, 4) is 0 Å². The summed E-state index contributed by atoms with van der Waals surface area (Å²) >= 11 is 0. The van der Waals surface area contributed by atoms with Crippen molar-refractivity contribution < 1.29 is 0 Å². The van der Waals surface area contributed by atoms with Crippen LogP contribution in [0.15, 0.2) is 12.2 Å². The highest BCUT2D eigenvalue weighted by Gasteiger charge is 2.15. The Morgan fingerprint density at radius 3 is 2.38 bits per heavy atom. The minimum Gasteiger partial charge on any atom is -0.313 e.